The van der Waals surface area contributed by atoms with Crippen molar-refractivity contribution in [3.63, 3.8) is 0 Å². The molecule has 2 heterocycles. The minimum absolute atomic E-state index is 0.0428. The molecule has 6 unspecified atom stereocenters. The van der Waals surface area contributed by atoms with Crippen molar-refractivity contribution in [2.75, 3.05) is 13.2 Å². The number of carbonyl (C=O) groups is 1. The zero-order valence-corrected chi connectivity index (χ0v) is 35.3. The van der Waals surface area contributed by atoms with E-state index in [1.54, 1.807) is 16.8 Å². The zero-order chi connectivity index (χ0) is 38.8. The number of nitrogens with zero attached hydrogens (tertiary/aromatic N) is 2. The van der Waals surface area contributed by atoms with Gasteiger partial charge in [-0.25, -0.2) is 0 Å². The van der Waals surface area contributed by atoms with E-state index in [0.717, 1.165) is 37.7 Å². The molecule has 2 bridgehead atoms. The van der Waals surface area contributed by atoms with Crippen LogP contribution in [0.15, 0.2) is 40.4 Å². The number of carbonyl (C=O) groups excluding carboxylic acids is 1. The molecular weight excluding hydrogens is 649 g/mol. The standard InChI is InChI=1S/C44H74N4O4/c1-15-47-48(36(28(4)5)38(45)49)31(9)37(51-26-41(13,46)29(6)7)39(11)25-50-32(10)42(14)34-18-19-43-22-23-52-44(24-43,30(8)27(2)3)21-20-40(43,12)33(34)16-17-35(39)42/h15,18,22-23,27,29-33,35,37H,16-17,19-21,24-26,46H2,1-14H3,(H2,45,49)/b47-15-/t30-,31-,32?,33?,35?,37?,39+,40?,41+,42?,43-,44-/m1/s1. The number of primary amides is 1. The van der Waals surface area contributed by atoms with Crippen molar-refractivity contribution < 1.29 is 19.0 Å². The van der Waals surface area contributed by atoms with Gasteiger partial charge in [-0.3, -0.25) is 9.80 Å². The second kappa shape index (κ2) is 14.2. The molecule has 0 aromatic rings. The Kier molecular flexibility index (Phi) is 11.2. The molecule has 1 amide bonds. The molecule has 52 heavy (non-hydrogen) atoms. The van der Waals surface area contributed by atoms with E-state index < -0.39 is 16.9 Å². The molecule has 0 aromatic heterocycles. The molecule has 3 fully saturated rings. The summed E-state index contributed by atoms with van der Waals surface area (Å²) < 4.78 is 20.8. The van der Waals surface area contributed by atoms with Crippen LogP contribution in [0.3, 0.4) is 0 Å². The van der Waals surface area contributed by atoms with Crippen LogP contribution in [0.1, 0.15) is 135 Å². The SMILES string of the molecule is C/C=N\N(C(C(N)=O)=C(C)C)[C@H](C)C(OC[C@](C)(N)C(C)C)[C@@]1(C)COC(C)C2(C)C3=CC[C@]45C=CO[C@]([C@H](C)C(C)C)(CCC4(C)C3CCC21)C5. The van der Waals surface area contributed by atoms with Crippen molar-refractivity contribution in [3.05, 3.63) is 35.3 Å². The van der Waals surface area contributed by atoms with Crippen LogP contribution in [-0.2, 0) is 19.0 Å². The smallest absolute Gasteiger partial charge is 0.266 e. The molecule has 4 N–H and O–H groups in total. The van der Waals surface area contributed by atoms with Crippen molar-refractivity contribution in [1.29, 1.82) is 0 Å². The third-order valence-corrected chi connectivity index (χ3v) is 16.1. The highest BCUT2D eigenvalue weighted by molar-refractivity contribution is 5.92. The van der Waals surface area contributed by atoms with E-state index in [-0.39, 0.29) is 51.9 Å². The predicted octanol–water partition coefficient (Wildman–Crippen LogP) is 8.76. The topological polar surface area (TPSA) is 112 Å². The fourth-order valence-electron chi connectivity index (χ4n) is 11.8. The second-order valence-electron chi connectivity index (χ2n) is 19.6. The lowest BCUT2D eigenvalue weighted by atomic mass is 9.38. The highest BCUT2D eigenvalue weighted by atomic mass is 16.5. The normalized spacial score (nSPS) is 39.7. The molecule has 5 aliphatic rings. The Bertz CT molecular complexity index is 1480. The van der Waals surface area contributed by atoms with Gasteiger partial charge >= 0.3 is 0 Å². The van der Waals surface area contributed by atoms with Gasteiger partial charge in [-0.1, -0.05) is 67.0 Å². The minimum atomic E-state index is -0.546. The Hall–Kier alpha value is -2.16. The van der Waals surface area contributed by atoms with Crippen molar-refractivity contribution in [2.45, 2.75) is 165 Å². The average molecular weight is 723 g/mol. The second-order valence-corrected chi connectivity index (χ2v) is 19.6. The van der Waals surface area contributed by atoms with Gasteiger partial charge in [-0.05, 0) is 127 Å². The number of nitrogens with two attached hydrogens (primary N) is 2. The molecule has 8 heteroatoms. The highest BCUT2D eigenvalue weighted by Crippen LogP contribution is 2.73. The maximum absolute atomic E-state index is 13.0. The van der Waals surface area contributed by atoms with Gasteiger partial charge in [0.1, 0.15) is 11.3 Å². The molecule has 0 aromatic carbocycles. The monoisotopic (exact) mass is 723 g/mol. The van der Waals surface area contributed by atoms with Crippen LogP contribution < -0.4 is 11.5 Å². The number of hydrogen-bond acceptors (Lipinski definition) is 7. The Morgan fingerprint density at radius 1 is 1.13 bits per heavy atom. The Morgan fingerprint density at radius 2 is 1.81 bits per heavy atom. The van der Waals surface area contributed by atoms with E-state index >= 15 is 0 Å². The van der Waals surface area contributed by atoms with Crippen molar-refractivity contribution in [2.24, 2.45) is 67.8 Å². The summed E-state index contributed by atoms with van der Waals surface area (Å²) in [4.78, 5) is 13.0. The van der Waals surface area contributed by atoms with E-state index in [9.17, 15) is 4.79 Å². The summed E-state index contributed by atoms with van der Waals surface area (Å²) in [7, 11) is 0. The van der Waals surface area contributed by atoms with E-state index in [1.165, 1.54) is 6.42 Å². The lowest BCUT2D eigenvalue weighted by molar-refractivity contribution is -0.236. The first-order valence-electron chi connectivity index (χ1n) is 20.4. The fraction of sp³-hybridized carbons (Fsp3) is 0.818. The van der Waals surface area contributed by atoms with Gasteiger partial charge < -0.3 is 25.7 Å². The fourth-order valence-corrected chi connectivity index (χ4v) is 11.8. The third-order valence-electron chi connectivity index (χ3n) is 16.1. The Balaban J connectivity index is 1.60. The number of hydrazone groups is 1. The van der Waals surface area contributed by atoms with E-state index in [4.69, 9.17) is 30.8 Å². The van der Waals surface area contributed by atoms with Crippen LogP contribution in [-0.4, -0.2) is 59.7 Å². The van der Waals surface area contributed by atoms with E-state index in [1.807, 2.05) is 20.8 Å². The first kappa shape index (κ1) is 41.0. The number of fused-ring (bicyclic) bond motifs is 5. The van der Waals surface area contributed by atoms with Crippen LogP contribution in [0.4, 0.5) is 0 Å². The lowest BCUT2D eigenvalue weighted by Crippen LogP contribution is -2.67. The van der Waals surface area contributed by atoms with Gasteiger partial charge in [-0.15, -0.1) is 0 Å². The number of rotatable bonds is 12. The van der Waals surface area contributed by atoms with Gasteiger partial charge in [-0.2, -0.15) is 5.10 Å². The number of ether oxygens (including phenoxy) is 3. The third kappa shape index (κ3) is 6.23. The van der Waals surface area contributed by atoms with Crippen LogP contribution in [0.5, 0.6) is 0 Å². The molecular formula is C44H74N4O4. The summed E-state index contributed by atoms with van der Waals surface area (Å²) in [6.07, 6.45) is 15.2. The Labute approximate surface area is 316 Å². The molecule has 0 radical (unpaired) electrons. The first-order chi connectivity index (χ1) is 24.1. The zero-order valence-electron chi connectivity index (χ0n) is 35.3. The van der Waals surface area contributed by atoms with E-state index in [2.05, 4.69) is 94.6 Å². The van der Waals surface area contributed by atoms with Gasteiger partial charge in [0.05, 0.1) is 37.7 Å². The predicted molar refractivity (Wildman–Crippen MR) is 212 cm³/mol. The molecule has 2 aliphatic heterocycles. The molecule has 5 rings (SSSR count). The summed E-state index contributed by atoms with van der Waals surface area (Å²) >= 11 is 0. The van der Waals surface area contributed by atoms with Crippen molar-refractivity contribution >= 4 is 12.1 Å². The van der Waals surface area contributed by atoms with Crippen LogP contribution in [0.25, 0.3) is 0 Å². The first-order valence-corrected chi connectivity index (χ1v) is 20.4. The number of hydrogen-bond donors (Lipinski definition) is 2. The van der Waals surface area contributed by atoms with Crippen LogP contribution >= 0.6 is 0 Å². The van der Waals surface area contributed by atoms with Gasteiger partial charge in [0, 0.05) is 28.0 Å². The van der Waals surface area contributed by atoms with Crippen LogP contribution in [0.2, 0.25) is 0 Å². The van der Waals surface area contributed by atoms with Gasteiger partial charge in [0.15, 0.2) is 0 Å². The molecule has 294 valence electrons. The van der Waals surface area contributed by atoms with Crippen molar-refractivity contribution in [3.8, 4) is 0 Å². The van der Waals surface area contributed by atoms with Crippen molar-refractivity contribution in [1.82, 2.24) is 5.01 Å². The summed E-state index contributed by atoms with van der Waals surface area (Å²) in [5.41, 5.74) is 14.7. The number of amides is 1. The van der Waals surface area contributed by atoms with E-state index in [0.29, 0.717) is 36.7 Å². The molecule has 1 spiro atoms. The number of allylic oxidation sites excluding steroid dienone is 3. The summed E-state index contributed by atoms with van der Waals surface area (Å²) in [5.74, 6) is 1.50. The summed E-state index contributed by atoms with van der Waals surface area (Å²) in [5, 5.41) is 6.57. The molecule has 1 saturated heterocycles. The molecule has 3 aliphatic carbocycles. The van der Waals surface area contributed by atoms with Gasteiger partial charge in [0.25, 0.3) is 5.91 Å². The summed E-state index contributed by atoms with van der Waals surface area (Å²) in [6, 6.07) is -0.330. The average Bonchev–Trinajstić information content (AvgIpc) is 3.06. The minimum Gasteiger partial charge on any atom is -0.495 e. The molecule has 12 atom stereocenters. The molecule has 8 nitrogen and oxygen atoms in total. The summed E-state index contributed by atoms with van der Waals surface area (Å²) in [6.45, 7) is 31.9. The highest BCUT2D eigenvalue weighted by Gasteiger charge is 2.68. The maximum atomic E-state index is 13.0. The largest absolute Gasteiger partial charge is 0.495 e. The maximum Gasteiger partial charge on any atom is 0.266 e. The van der Waals surface area contributed by atoms with Gasteiger partial charge in [0.2, 0.25) is 0 Å². The molecule has 2 saturated carbocycles. The Morgan fingerprint density at radius 3 is 2.38 bits per heavy atom. The lowest BCUT2D eigenvalue weighted by Gasteiger charge is -2.69. The van der Waals surface area contributed by atoms with Crippen LogP contribution in [0, 0.1) is 51.2 Å². The quantitative estimate of drug-likeness (QED) is 0.0902.